The number of halogens is 1. The molecule has 3 aromatic heterocycles. The van der Waals surface area contributed by atoms with Gasteiger partial charge >= 0.3 is 0 Å². The number of H-pyrrole nitrogens is 1. The number of aromatic nitrogens is 3. The SMILES string of the molecule is COc1c(-c2cc(C)nc(C)c2)c(F)cc2c(=O)c3c(=O)[nH]sc3n(C3CC3)c12. The second kappa shape index (κ2) is 6.25. The monoisotopic (exact) mass is 411 g/mol. The highest BCUT2D eigenvalue weighted by atomic mass is 32.1. The number of hydrogen-bond acceptors (Lipinski definition) is 5. The largest absolute Gasteiger partial charge is 0.494 e. The summed E-state index contributed by atoms with van der Waals surface area (Å²) >= 11 is 1.13. The van der Waals surface area contributed by atoms with Crippen molar-refractivity contribution in [3.8, 4) is 16.9 Å². The van der Waals surface area contributed by atoms with Gasteiger partial charge in [0.2, 0.25) is 5.43 Å². The summed E-state index contributed by atoms with van der Waals surface area (Å²) in [6.45, 7) is 3.70. The Labute approximate surface area is 168 Å². The quantitative estimate of drug-likeness (QED) is 0.551. The zero-order valence-corrected chi connectivity index (χ0v) is 16.9. The zero-order chi connectivity index (χ0) is 20.4. The number of aryl methyl sites for hydroxylation is 2. The summed E-state index contributed by atoms with van der Waals surface area (Å²) in [4.78, 5) is 30.3. The lowest BCUT2D eigenvalue weighted by molar-refractivity contribution is 0.416. The van der Waals surface area contributed by atoms with Gasteiger partial charge in [0.05, 0.1) is 23.6 Å². The van der Waals surface area contributed by atoms with E-state index in [1.807, 2.05) is 18.4 Å². The number of hydrogen-bond donors (Lipinski definition) is 1. The predicted octanol–water partition coefficient (Wildman–Crippen LogP) is 4.07. The molecule has 148 valence electrons. The van der Waals surface area contributed by atoms with Crippen molar-refractivity contribution in [2.75, 3.05) is 7.11 Å². The topological polar surface area (TPSA) is 77.0 Å². The number of benzene rings is 1. The van der Waals surface area contributed by atoms with Gasteiger partial charge in [0.15, 0.2) is 5.75 Å². The van der Waals surface area contributed by atoms with Crippen LogP contribution in [-0.4, -0.2) is 21.0 Å². The molecular weight excluding hydrogens is 393 g/mol. The van der Waals surface area contributed by atoms with Crippen LogP contribution in [0, 0.1) is 19.7 Å². The van der Waals surface area contributed by atoms with E-state index in [9.17, 15) is 9.59 Å². The highest BCUT2D eigenvalue weighted by Crippen LogP contribution is 2.45. The van der Waals surface area contributed by atoms with Gasteiger partial charge in [-0.25, -0.2) is 4.39 Å². The maximum atomic E-state index is 15.3. The Morgan fingerprint density at radius 1 is 1.21 bits per heavy atom. The van der Waals surface area contributed by atoms with Crippen LogP contribution >= 0.6 is 11.5 Å². The Morgan fingerprint density at radius 3 is 2.52 bits per heavy atom. The van der Waals surface area contributed by atoms with Gasteiger partial charge in [-0.3, -0.25) is 18.9 Å². The highest BCUT2D eigenvalue weighted by Gasteiger charge is 2.32. The molecule has 0 amide bonds. The van der Waals surface area contributed by atoms with Crippen LogP contribution in [-0.2, 0) is 0 Å². The van der Waals surface area contributed by atoms with Crippen LogP contribution in [0.15, 0.2) is 27.8 Å². The molecular formula is C21H18FN3O3S. The van der Waals surface area contributed by atoms with Crippen LogP contribution in [0.5, 0.6) is 5.75 Å². The second-order valence-corrected chi connectivity index (χ2v) is 8.24. The average Bonchev–Trinajstić information content (AvgIpc) is 3.43. The smallest absolute Gasteiger partial charge is 0.271 e. The molecule has 0 unspecified atom stereocenters. The molecule has 29 heavy (non-hydrogen) atoms. The van der Waals surface area contributed by atoms with Crippen molar-refractivity contribution in [2.24, 2.45) is 0 Å². The van der Waals surface area contributed by atoms with E-state index < -0.39 is 16.8 Å². The summed E-state index contributed by atoms with van der Waals surface area (Å²) in [7, 11) is 1.48. The summed E-state index contributed by atoms with van der Waals surface area (Å²) in [5.74, 6) is -0.262. The predicted molar refractivity (Wildman–Crippen MR) is 112 cm³/mol. The molecule has 5 rings (SSSR count). The van der Waals surface area contributed by atoms with Crippen molar-refractivity contribution in [1.29, 1.82) is 0 Å². The molecule has 0 spiro atoms. The summed E-state index contributed by atoms with van der Waals surface area (Å²) in [6, 6.07) is 4.98. The third-order valence-electron chi connectivity index (χ3n) is 5.31. The van der Waals surface area contributed by atoms with Crippen molar-refractivity contribution >= 4 is 32.7 Å². The Bertz CT molecular complexity index is 1410. The molecule has 1 aliphatic carbocycles. The fourth-order valence-electron chi connectivity index (χ4n) is 4.06. The minimum Gasteiger partial charge on any atom is -0.494 e. The lowest BCUT2D eigenvalue weighted by atomic mass is 9.99. The molecule has 0 bridgehead atoms. The zero-order valence-electron chi connectivity index (χ0n) is 16.1. The van der Waals surface area contributed by atoms with Crippen molar-refractivity contribution in [2.45, 2.75) is 32.7 Å². The van der Waals surface area contributed by atoms with E-state index in [4.69, 9.17) is 4.74 Å². The normalized spacial score (nSPS) is 14.1. The van der Waals surface area contributed by atoms with Crippen molar-refractivity contribution in [1.82, 2.24) is 13.9 Å². The molecule has 0 radical (unpaired) electrons. The van der Waals surface area contributed by atoms with E-state index in [-0.39, 0.29) is 16.8 Å². The van der Waals surface area contributed by atoms with Crippen molar-refractivity contribution in [3.05, 3.63) is 56.0 Å². The second-order valence-electron chi connectivity index (χ2n) is 7.45. The highest BCUT2D eigenvalue weighted by molar-refractivity contribution is 7.12. The van der Waals surface area contributed by atoms with Gasteiger partial charge in [-0.05, 0) is 62.0 Å². The van der Waals surface area contributed by atoms with Gasteiger partial charge in [0.25, 0.3) is 5.56 Å². The Hall–Kier alpha value is -3.00. The molecule has 0 saturated heterocycles. The number of fused-ring (bicyclic) bond motifs is 2. The molecule has 1 saturated carbocycles. The fraction of sp³-hybridized carbons (Fsp3) is 0.286. The van der Waals surface area contributed by atoms with E-state index in [0.717, 1.165) is 35.8 Å². The average molecular weight is 411 g/mol. The first-order valence-corrected chi connectivity index (χ1v) is 10.1. The number of pyridine rings is 2. The molecule has 1 aromatic carbocycles. The maximum absolute atomic E-state index is 15.3. The summed E-state index contributed by atoms with van der Waals surface area (Å²) in [6.07, 6.45) is 1.87. The first-order valence-electron chi connectivity index (χ1n) is 9.32. The minimum atomic E-state index is -0.565. The first-order chi connectivity index (χ1) is 13.9. The molecule has 0 aliphatic heterocycles. The number of aromatic amines is 1. The number of nitrogens with one attached hydrogen (secondary N) is 1. The van der Waals surface area contributed by atoms with Gasteiger partial charge in [-0.2, -0.15) is 0 Å². The standard InChI is InChI=1S/C21H18FN3O3S/c1-9-6-11(7-10(2)23-9)15-14(22)8-13-17(19(15)28-3)25(12-4-5-12)21-16(18(13)26)20(27)24-29-21/h6-8,12H,4-5H2,1-3H3,(H,24,27). The van der Waals surface area contributed by atoms with E-state index in [1.165, 1.54) is 13.2 Å². The lowest BCUT2D eigenvalue weighted by Crippen LogP contribution is -2.16. The van der Waals surface area contributed by atoms with Crippen molar-refractivity contribution < 1.29 is 9.13 Å². The van der Waals surface area contributed by atoms with Crippen LogP contribution in [0.3, 0.4) is 0 Å². The fourth-order valence-corrected chi connectivity index (χ4v) is 4.97. The third-order valence-corrected chi connectivity index (χ3v) is 6.19. The summed E-state index contributed by atoms with van der Waals surface area (Å²) < 4.78 is 25.7. The van der Waals surface area contributed by atoms with Gasteiger partial charge < -0.3 is 9.30 Å². The van der Waals surface area contributed by atoms with Gasteiger partial charge in [-0.15, -0.1) is 0 Å². The minimum absolute atomic E-state index is 0.0826. The van der Waals surface area contributed by atoms with Crippen LogP contribution in [0.25, 0.3) is 32.2 Å². The molecule has 8 heteroatoms. The van der Waals surface area contributed by atoms with Crippen LogP contribution in [0.1, 0.15) is 30.3 Å². The van der Waals surface area contributed by atoms with Crippen molar-refractivity contribution in [3.63, 3.8) is 0 Å². The van der Waals surface area contributed by atoms with Gasteiger partial charge in [0.1, 0.15) is 16.0 Å². The van der Waals surface area contributed by atoms with Gasteiger partial charge in [0, 0.05) is 17.4 Å². The lowest BCUT2D eigenvalue weighted by Gasteiger charge is -2.18. The number of ether oxygens (including phenoxy) is 1. The van der Waals surface area contributed by atoms with E-state index in [0.29, 0.717) is 27.2 Å². The molecule has 1 aliphatic rings. The number of methoxy groups -OCH3 is 1. The number of rotatable bonds is 3. The van der Waals surface area contributed by atoms with E-state index >= 15 is 4.39 Å². The molecule has 0 atom stereocenters. The number of nitrogens with zero attached hydrogens (tertiary/aromatic N) is 2. The van der Waals surface area contributed by atoms with Crippen LogP contribution in [0.2, 0.25) is 0 Å². The Kier molecular flexibility index (Phi) is 3.89. The first kappa shape index (κ1) is 18.1. The summed E-state index contributed by atoms with van der Waals surface area (Å²) in [5, 5.41) is 0.244. The molecule has 1 fully saturated rings. The molecule has 1 N–H and O–H groups in total. The Balaban J connectivity index is 2.01. The van der Waals surface area contributed by atoms with Crippen LogP contribution in [0.4, 0.5) is 4.39 Å². The van der Waals surface area contributed by atoms with Crippen LogP contribution < -0.4 is 15.7 Å². The molecule has 4 aromatic rings. The van der Waals surface area contributed by atoms with Gasteiger partial charge in [-0.1, -0.05) is 0 Å². The molecule has 3 heterocycles. The Morgan fingerprint density at radius 2 is 1.90 bits per heavy atom. The van der Waals surface area contributed by atoms with E-state index in [2.05, 4.69) is 9.36 Å². The summed E-state index contributed by atoms with van der Waals surface area (Å²) in [5.41, 5.74) is 2.09. The third kappa shape index (κ3) is 2.62. The molecule has 6 nitrogen and oxygen atoms in total. The maximum Gasteiger partial charge on any atom is 0.271 e. The van der Waals surface area contributed by atoms with E-state index in [1.54, 1.807) is 12.1 Å².